The van der Waals surface area contributed by atoms with Crippen molar-refractivity contribution in [2.24, 2.45) is 0 Å². The number of hydrogen-bond donors (Lipinski definition) is 3. The summed E-state index contributed by atoms with van der Waals surface area (Å²) in [5.74, 6) is 0.367. The number of ether oxygens (including phenoxy) is 3. The van der Waals surface area contributed by atoms with E-state index in [1.807, 2.05) is 0 Å². The van der Waals surface area contributed by atoms with Gasteiger partial charge in [0.15, 0.2) is 5.58 Å². The Morgan fingerprint density at radius 1 is 1.05 bits per heavy atom. The van der Waals surface area contributed by atoms with Crippen LogP contribution >= 0.6 is 0 Å². The van der Waals surface area contributed by atoms with Crippen LogP contribution in [0.15, 0.2) is 57.9 Å². The van der Waals surface area contributed by atoms with Crippen molar-refractivity contribution in [1.82, 2.24) is 25.1 Å². The zero-order valence-corrected chi connectivity index (χ0v) is 21.0. The number of nitrogens with zero attached hydrogens (tertiary/aromatic N) is 4. The second-order valence-corrected chi connectivity index (χ2v) is 7.98. The third-order valence-electron chi connectivity index (χ3n) is 5.28. The molecule has 1 aromatic carbocycles. The van der Waals surface area contributed by atoms with E-state index in [1.165, 1.54) is 30.1 Å². The van der Waals surface area contributed by atoms with E-state index in [0.717, 1.165) is 0 Å². The maximum atomic E-state index is 12.5. The Morgan fingerprint density at radius 3 is 2.62 bits per heavy atom. The van der Waals surface area contributed by atoms with E-state index < -0.39 is 12.0 Å². The number of benzene rings is 1. The van der Waals surface area contributed by atoms with Gasteiger partial charge in [-0.05, 0) is 36.4 Å². The first kappa shape index (κ1) is 27.2. The van der Waals surface area contributed by atoms with E-state index in [1.54, 1.807) is 30.3 Å². The fraction of sp³-hybridized carbons (Fsp3) is 0.280. The fourth-order valence-electron chi connectivity index (χ4n) is 3.37. The van der Waals surface area contributed by atoms with Crippen LogP contribution in [-0.2, 0) is 16.0 Å². The van der Waals surface area contributed by atoms with E-state index in [2.05, 4.69) is 25.7 Å². The van der Waals surface area contributed by atoms with Crippen LogP contribution in [0, 0.1) is 0 Å². The Balaban J connectivity index is 1.34. The summed E-state index contributed by atoms with van der Waals surface area (Å²) >= 11 is 0. The quantitative estimate of drug-likeness (QED) is 0.212. The monoisotopic (exact) mass is 538 g/mol. The summed E-state index contributed by atoms with van der Waals surface area (Å²) in [5, 5.41) is 17.8. The second-order valence-electron chi connectivity index (χ2n) is 7.98. The van der Waals surface area contributed by atoms with E-state index >= 15 is 0 Å². The van der Waals surface area contributed by atoms with E-state index in [4.69, 9.17) is 23.7 Å². The van der Waals surface area contributed by atoms with Crippen molar-refractivity contribution in [3.63, 3.8) is 0 Å². The highest BCUT2D eigenvalue weighted by Gasteiger charge is 2.14. The molecule has 0 spiro atoms. The van der Waals surface area contributed by atoms with Gasteiger partial charge in [-0.2, -0.15) is 5.10 Å². The Hall–Kier alpha value is -4.82. The van der Waals surface area contributed by atoms with Gasteiger partial charge in [0, 0.05) is 18.3 Å². The van der Waals surface area contributed by atoms with Crippen molar-refractivity contribution in [2.75, 3.05) is 45.4 Å². The lowest BCUT2D eigenvalue weighted by Crippen LogP contribution is -2.26. The molecular weight excluding hydrogens is 512 g/mol. The molecule has 14 nitrogen and oxygen atoms in total. The summed E-state index contributed by atoms with van der Waals surface area (Å²) < 4.78 is 22.8. The van der Waals surface area contributed by atoms with Gasteiger partial charge in [0.1, 0.15) is 22.7 Å². The van der Waals surface area contributed by atoms with Crippen molar-refractivity contribution >= 4 is 28.8 Å². The molecule has 0 saturated carbocycles. The van der Waals surface area contributed by atoms with Crippen molar-refractivity contribution in [1.29, 1.82) is 0 Å². The molecule has 2 amide bonds. The summed E-state index contributed by atoms with van der Waals surface area (Å²) in [4.78, 5) is 43.6. The van der Waals surface area contributed by atoms with Gasteiger partial charge in [0.05, 0.1) is 46.3 Å². The molecule has 4 aromatic rings. The normalized spacial score (nSPS) is 10.9. The van der Waals surface area contributed by atoms with E-state index in [-0.39, 0.29) is 56.7 Å². The van der Waals surface area contributed by atoms with Gasteiger partial charge >= 0.3 is 6.09 Å². The standard InChI is InChI=1S/C25H26N6O8/c1-36-17-3-4-18(27-15-17)23(33)28-16-2-6-21-20(14-16)29-24(39-21)19-5-7-22(32)31(30-19)9-11-38-13-12-37-10-8-26-25(34)35/h2-7,14-15,26H,8-13H2,1H3,(H,28,33)(H,34,35). The van der Waals surface area contributed by atoms with Gasteiger partial charge < -0.3 is 34.4 Å². The van der Waals surface area contributed by atoms with Crippen LogP contribution in [0.1, 0.15) is 10.5 Å². The summed E-state index contributed by atoms with van der Waals surface area (Å²) in [6.07, 6.45) is 0.352. The second kappa shape index (κ2) is 13.1. The van der Waals surface area contributed by atoms with Crippen molar-refractivity contribution < 1.29 is 33.3 Å². The molecule has 0 saturated heterocycles. The first-order valence-electron chi connectivity index (χ1n) is 11.9. The molecule has 0 atom stereocenters. The number of nitrogens with one attached hydrogen (secondary N) is 2. The predicted octanol–water partition coefficient (Wildman–Crippen LogP) is 2.01. The van der Waals surface area contributed by atoms with Crippen molar-refractivity contribution in [2.45, 2.75) is 6.54 Å². The van der Waals surface area contributed by atoms with Crippen LogP contribution in [0.4, 0.5) is 10.5 Å². The molecule has 0 aliphatic carbocycles. The largest absolute Gasteiger partial charge is 0.495 e. The smallest absolute Gasteiger partial charge is 0.404 e. The molecule has 0 aliphatic rings. The highest BCUT2D eigenvalue weighted by molar-refractivity contribution is 6.03. The van der Waals surface area contributed by atoms with Crippen molar-refractivity contribution in [3.05, 3.63) is 64.7 Å². The lowest BCUT2D eigenvalue weighted by Gasteiger charge is -2.07. The highest BCUT2D eigenvalue weighted by atomic mass is 16.5. The number of fused-ring (bicyclic) bond motifs is 1. The number of carbonyl (C=O) groups is 2. The number of methoxy groups -OCH3 is 1. The first-order valence-corrected chi connectivity index (χ1v) is 11.9. The first-order chi connectivity index (χ1) is 18.9. The minimum atomic E-state index is -1.11. The van der Waals surface area contributed by atoms with E-state index in [9.17, 15) is 14.4 Å². The third kappa shape index (κ3) is 7.59. The highest BCUT2D eigenvalue weighted by Crippen LogP contribution is 2.25. The molecule has 204 valence electrons. The molecular formula is C25H26N6O8. The summed E-state index contributed by atoms with van der Waals surface area (Å²) in [6, 6.07) is 11.1. The summed E-state index contributed by atoms with van der Waals surface area (Å²) in [7, 11) is 1.52. The number of hydrogen-bond acceptors (Lipinski definition) is 10. The molecule has 0 unspecified atom stereocenters. The Morgan fingerprint density at radius 2 is 1.87 bits per heavy atom. The van der Waals surface area contributed by atoms with Crippen LogP contribution in [0.3, 0.4) is 0 Å². The Kier molecular flexibility index (Phi) is 9.16. The molecule has 4 rings (SSSR count). The fourth-order valence-corrected chi connectivity index (χ4v) is 3.37. The number of rotatable bonds is 13. The molecule has 3 N–H and O–H groups in total. The number of carbonyl (C=O) groups excluding carboxylic acids is 1. The Bertz CT molecular complexity index is 1480. The third-order valence-corrected chi connectivity index (χ3v) is 5.28. The van der Waals surface area contributed by atoms with Crippen LogP contribution < -0.4 is 20.9 Å². The van der Waals surface area contributed by atoms with Crippen LogP contribution in [-0.4, -0.2) is 76.9 Å². The average Bonchev–Trinajstić information content (AvgIpc) is 3.36. The molecule has 0 radical (unpaired) electrons. The molecule has 39 heavy (non-hydrogen) atoms. The predicted molar refractivity (Wildman–Crippen MR) is 138 cm³/mol. The average molecular weight is 539 g/mol. The van der Waals surface area contributed by atoms with Gasteiger partial charge in [0.2, 0.25) is 5.89 Å². The minimum Gasteiger partial charge on any atom is -0.495 e. The van der Waals surface area contributed by atoms with Crippen LogP contribution in [0.5, 0.6) is 5.75 Å². The SMILES string of the molecule is COc1ccc(C(=O)Nc2ccc3oc(-c4ccc(=O)n(CCOCCOCCNC(=O)O)n4)nc3c2)nc1. The maximum absolute atomic E-state index is 12.5. The molecule has 0 fully saturated rings. The number of anilines is 1. The zero-order chi connectivity index (χ0) is 27.6. The van der Waals surface area contributed by atoms with Crippen molar-refractivity contribution in [3.8, 4) is 17.3 Å². The number of oxazole rings is 1. The van der Waals surface area contributed by atoms with Gasteiger partial charge in [-0.3, -0.25) is 9.59 Å². The maximum Gasteiger partial charge on any atom is 0.404 e. The topological polar surface area (TPSA) is 180 Å². The zero-order valence-electron chi connectivity index (χ0n) is 21.0. The lowest BCUT2D eigenvalue weighted by molar-refractivity contribution is 0.0447. The van der Waals surface area contributed by atoms with E-state index in [0.29, 0.717) is 28.2 Å². The van der Waals surface area contributed by atoms with Gasteiger partial charge in [-0.25, -0.2) is 19.4 Å². The molecule has 14 heteroatoms. The van der Waals surface area contributed by atoms with Gasteiger partial charge in [0.25, 0.3) is 11.5 Å². The lowest BCUT2D eigenvalue weighted by atomic mass is 10.2. The molecule has 3 aromatic heterocycles. The van der Waals surface area contributed by atoms with Crippen LogP contribution in [0.25, 0.3) is 22.7 Å². The molecule has 0 bridgehead atoms. The minimum absolute atomic E-state index is 0.189. The van der Waals surface area contributed by atoms with Gasteiger partial charge in [-0.15, -0.1) is 0 Å². The van der Waals surface area contributed by atoms with Crippen LogP contribution in [0.2, 0.25) is 0 Å². The number of aromatic nitrogens is 4. The number of carboxylic acid groups (broad SMARTS) is 1. The molecule has 3 heterocycles. The summed E-state index contributed by atoms with van der Waals surface area (Å²) in [5.41, 5.74) is 1.74. The molecule has 0 aliphatic heterocycles. The number of pyridine rings is 1. The Labute approximate surface area is 221 Å². The van der Waals surface area contributed by atoms with Gasteiger partial charge in [-0.1, -0.05) is 0 Å². The number of amides is 2. The summed E-state index contributed by atoms with van der Waals surface area (Å²) in [6.45, 7) is 1.40.